The highest BCUT2D eigenvalue weighted by Crippen LogP contribution is 2.18. The van der Waals surface area contributed by atoms with Gasteiger partial charge in [0.15, 0.2) is 5.78 Å². The van der Waals surface area contributed by atoms with E-state index in [0.29, 0.717) is 11.3 Å². The Hall–Kier alpha value is -1.40. The van der Waals surface area contributed by atoms with E-state index in [0.717, 1.165) is 0 Å². The Balaban J connectivity index is 2.46. The molecule has 22 heavy (non-hydrogen) atoms. The number of ketones is 1. The van der Waals surface area contributed by atoms with Gasteiger partial charge in [-0.25, -0.2) is 0 Å². The summed E-state index contributed by atoms with van der Waals surface area (Å²) < 4.78 is 9.74. The molecule has 1 N–H and O–H groups in total. The lowest BCUT2D eigenvalue weighted by Crippen LogP contribution is -2.31. The van der Waals surface area contributed by atoms with Crippen LogP contribution in [0.15, 0.2) is 24.3 Å². The maximum absolute atomic E-state index is 11.9. The third kappa shape index (κ3) is 5.77. The molecule has 1 aromatic rings. The first-order valence-electron chi connectivity index (χ1n) is 6.88. The molecule has 0 aliphatic heterocycles. The van der Waals surface area contributed by atoms with Crippen LogP contribution < -0.4 is 4.74 Å². The third-order valence-corrected chi connectivity index (χ3v) is 3.07. The first-order valence-corrected chi connectivity index (χ1v) is 7.67. The lowest BCUT2D eigenvalue weighted by molar-refractivity contribution is -0.146. The Morgan fingerprint density at radius 2 is 1.64 bits per heavy atom. The highest BCUT2D eigenvalue weighted by Gasteiger charge is 2.26. The summed E-state index contributed by atoms with van der Waals surface area (Å²) >= 11 is 3.21. The van der Waals surface area contributed by atoms with Gasteiger partial charge in [-0.1, -0.05) is 15.9 Å². The van der Waals surface area contributed by atoms with E-state index in [9.17, 15) is 14.7 Å². The van der Waals surface area contributed by atoms with Crippen LogP contribution in [0.5, 0.6) is 5.75 Å². The monoisotopic (exact) mass is 372 g/mol. The fraction of sp³-hybridized carbons (Fsp3) is 0.500. The molecule has 0 spiro atoms. The molecule has 0 fully saturated rings. The highest BCUT2D eigenvalue weighted by atomic mass is 79.9. The van der Waals surface area contributed by atoms with Gasteiger partial charge in [-0.2, -0.15) is 0 Å². The molecule has 0 unspecified atom stereocenters. The van der Waals surface area contributed by atoms with Gasteiger partial charge in [0, 0.05) is 5.56 Å². The van der Waals surface area contributed by atoms with Crippen molar-refractivity contribution in [2.75, 3.05) is 13.2 Å². The molecule has 0 saturated heterocycles. The van der Waals surface area contributed by atoms with E-state index in [4.69, 9.17) is 9.47 Å². The third-order valence-electron chi connectivity index (χ3n) is 2.74. The summed E-state index contributed by atoms with van der Waals surface area (Å²) in [5.74, 6) is -0.156. The van der Waals surface area contributed by atoms with Crippen LogP contribution in [0.25, 0.3) is 0 Å². The lowest BCUT2D eigenvalue weighted by Gasteiger charge is -2.16. The van der Waals surface area contributed by atoms with E-state index in [1.807, 2.05) is 0 Å². The molecule has 0 saturated carbocycles. The van der Waals surface area contributed by atoms with E-state index >= 15 is 0 Å². The number of ether oxygens (including phenoxy) is 2. The number of esters is 1. The van der Waals surface area contributed by atoms with Crippen molar-refractivity contribution in [2.24, 2.45) is 0 Å². The second-order valence-electron chi connectivity index (χ2n) is 5.87. The van der Waals surface area contributed by atoms with Gasteiger partial charge in [0.1, 0.15) is 28.9 Å². The first-order chi connectivity index (χ1) is 10.0. The summed E-state index contributed by atoms with van der Waals surface area (Å²) in [4.78, 5) is 23.4. The molecule has 122 valence electrons. The van der Waals surface area contributed by atoms with Gasteiger partial charge >= 0.3 is 5.97 Å². The molecule has 5 nitrogen and oxygen atoms in total. The Labute approximate surface area is 138 Å². The van der Waals surface area contributed by atoms with Crippen molar-refractivity contribution in [2.45, 2.75) is 37.6 Å². The summed E-state index contributed by atoms with van der Waals surface area (Å²) in [5.41, 5.74) is -0.994. The Bertz CT molecular complexity index is 523. The predicted octanol–water partition coefficient (Wildman–Crippen LogP) is 2.74. The number of Topliss-reactive ketones (excluding diaryl/α,β-unsaturated/α-hetero) is 1. The average Bonchev–Trinajstić information content (AvgIpc) is 2.41. The zero-order valence-electron chi connectivity index (χ0n) is 13.2. The smallest absolute Gasteiger partial charge is 0.322 e. The van der Waals surface area contributed by atoms with Crippen LogP contribution in [0.2, 0.25) is 0 Å². The number of halogens is 1. The molecule has 1 rings (SSSR count). The van der Waals surface area contributed by atoms with Gasteiger partial charge in [-0.15, -0.1) is 0 Å². The van der Waals surface area contributed by atoms with Crippen molar-refractivity contribution in [3.05, 3.63) is 29.8 Å². The van der Waals surface area contributed by atoms with Crippen LogP contribution in [-0.4, -0.2) is 40.0 Å². The lowest BCUT2D eigenvalue weighted by atomic mass is 9.97. The van der Waals surface area contributed by atoms with E-state index in [1.165, 1.54) is 13.8 Å². The minimum atomic E-state index is -1.40. The van der Waals surface area contributed by atoms with Crippen molar-refractivity contribution < 1.29 is 24.2 Å². The number of hydrogen-bond acceptors (Lipinski definition) is 5. The molecule has 0 aromatic heterocycles. The molecule has 1 aromatic carbocycles. The molecular weight excluding hydrogens is 352 g/mol. The van der Waals surface area contributed by atoms with Crippen molar-refractivity contribution in [1.82, 2.24) is 0 Å². The van der Waals surface area contributed by atoms with Crippen LogP contribution in [0.3, 0.4) is 0 Å². The molecule has 0 bridgehead atoms. The second kappa shape index (κ2) is 7.24. The van der Waals surface area contributed by atoms with Crippen molar-refractivity contribution in [3.63, 3.8) is 0 Å². The number of benzene rings is 1. The van der Waals surface area contributed by atoms with Crippen molar-refractivity contribution >= 4 is 27.7 Å². The van der Waals surface area contributed by atoms with Crippen LogP contribution in [-0.2, 0) is 9.53 Å². The normalized spacial score (nSPS) is 11.9. The molecule has 0 heterocycles. The molecule has 0 radical (unpaired) electrons. The minimum absolute atomic E-state index is 0.137. The molecule has 0 amide bonds. The number of hydrogen-bond donors (Lipinski definition) is 1. The SMILES string of the molecule is CC(C)(O)C(=O)c1ccc(OCCOC(=O)C(C)(C)Br)cc1. The summed E-state index contributed by atoms with van der Waals surface area (Å²) in [5, 5.41) is 9.67. The fourth-order valence-electron chi connectivity index (χ4n) is 1.52. The highest BCUT2D eigenvalue weighted by molar-refractivity contribution is 9.10. The summed E-state index contributed by atoms with van der Waals surface area (Å²) in [7, 11) is 0. The largest absolute Gasteiger partial charge is 0.490 e. The number of alkyl halides is 1. The Kier molecular flexibility index (Phi) is 6.14. The van der Waals surface area contributed by atoms with Gasteiger partial charge in [-0.05, 0) is 52.0 Å². The van der Waals surface area contributed by atoms with Crippen LogP contribution in [0.1, 0.15) is 38.1 Å². The van der Waals surface area contributed by atoms with Crippen LogP contribution in [0.4, 0.5) is 0 Å². The Morgan fingerprint density at radius 1 is 1.09 bits per heavy atom. The molecule has 0 aliphatic carbocycles. The number of carbonyl (C=O) groups is 2. The van der Waals surface area contributed by atoms with Crippen molar-refractivity contribution in [1.29, 1.82) is 0 Å². The maximum Gasteiger partial charge on any atom is 0.322 e. The predicted molar refractivity (Wildman–Crippen MR) is 86.5 cm³/mol. The van der Waals surface area contributed by atoms with Crippen LogP contribution >= 0.6 is 15.9 Å². The fourth-order valence-corrected chi connectivity index (χ4v) is 1.64. The quantitative estimate of drug-likeness (QED) is 0.344. The van der Waals surface area contributed by atoms with Crippen LogP contribution in [0, 0.1) is 0 Å². The zero-order valence-corrected chi connectivity index (χ0v) is 14.8. The molecule has 6 heteroatoms. The molecular formula is C16H21BrO5. The average molecular weight is 373 g/mol. The van der Waals surface area contributed by atoms with Gasteiger partial charge in [-0.3, -0.25) is 9.59 Å². The summed E-state index contributed by atoms with van der Waals surface area (Å²) in [6.45, 7) is 6.65. The topological polar surface area (TPSA) is 72.8 Å². The second-order valence-corrected chi connectivity index (χ2v) is 7.85. The molecule has 0 aliphatic rings. The minimum Gasteiger partial charge on any atom is -0.490 e. The standard InChI is InChI=1S/C16H21BrO5/c1-15(2,17)14(19)22-10-9-21-12-7-5-11(6-8-12)13(18)16(3,4)20/h5-8,20H,9-10H2,1-4H3. The van der Waals surface area contributed by atoms with Crippen molar-refractivity contribution in [3.8, 4) is 5.75 Å². The summed E-state index contributed by atoms with van der Waals surface area (Å²) in [6.07, 6.45) is 0. The van der Waals surface area contributed by atoms with E-state index in [2.05, 4.69) is 15.9 Å². The van der Waals surface area contributed by atoms with E-state index < -0.39 is 9.93 Å². The van der Waals surface area contributed by atoms with Gasteiger partial charge in [0.05, 0.1) is 0 Å². The zero-order chi connectivity index (χ0) is 17.0. The summed E-state index contributed by atoms with van der Waals surface area (Å²) in [6, 6.07) is 6.44. The first kappa shape index (κ1) is 18.6. The van der Waals surface area contributed by atoms with E-state index in [-0.39, 0.29) is 25.0 Å². The van der Waals surface area contributed by atoms with E-state index in [1.54, 1.807) is 38.1 Å². The van der Waals surface area contributed by atoms with Gasteiger partial charge in [0.2, 0.25) is 0 Å². The maximum atomic E-state index is 11.9. The van der Waals surface area contributed by atoms with Gasteiger partial charge < -0.3 is 14.6 Å². The Morgan fingerprint density at radius 3 is 2.09 bits per heavy atom. The molecule has 0 atom stereocenters. The van der Waals surface area contributed by atoms with Gasteiger partial charge in [0.25, 0.3) is 0 Å². The number of rotatable bonds is 7. The number of aliphatic hydroxyl groups is 1. The number of carbonyl (C=O) groups excluding carboxylic acids is 2.